The van der Waals surface area contributed by atoms with Crippen molar-refractivity contribution in [1.82, 2.24) is 25.7 Å². The number of hydrogen-bond acceptors (Lipinski definition) is 5. The van der Waals surface area contributed by atoms with E-state index in [1.54, 1.807) is 4.68 Å². The lowest BCUT2D eigenvalue weighted by atomic mass is 10.4. The molecule has 6 heteroatoms. The van der Waals surface area contributed by atoms with E-state index in [1.165, 1.54) is 6.33 Å². The average Bonchev–Trinajstić information content (AvgIpc) is 2.55. The minimum absolute atomic E-state index is 0.497. The van der Waals surface area contributed by atoms with Gasteiger partial charge in [-0.2, -0.15) is 0 Å². The van der Waals surface area contributed by atoms with Gasteiger partial charge in [0.05, 0.1) is 11.4 Å². The van der Waals surface area contributed by atoms with Gasteiger partial charge >= 0.3 is 0 Å². The first-order chi connectivity index (χ1) is 5.38. The molecule has 6 nitrogen and oxygen atoms in total. The van der Waals surface area contributed by atoms with Gasteiger partial charge in [-0.25, -0.2) is 4.68 Å². The first-order valence-electron chi connectivity index (χ1n) is 3.19. The van der Waals surface area contributed by atoms with Crippen LogP contribution in [0.1, 0.15) is 6.92 Å². The molecular weight excluding hydrogens is 146 g/mol. The van der Waals surface area contributed by atoms with Gasteiger partial charge in [-0.05, 0) is 17.4 Å². The third kappa shape index (κ3) is 0.966. The summed E-state index contributed by atoms with van der Waals surface area (Å²) in [5.74, 6) is 0. The first kappa shape index (κ1) is 6.29. The first-order valence-corrected chi connectivity index (χ1v) is 3.19. The summed E-state index contributed by atoms with van der Waals surface area (Å²) >= 11 is 0. The summed E-state index contributed by atoms with van der Waals surface area (Å²) in [5.41, 5.74) is 4.60. The predicted octanol–water partition coefficient (Wildman–Crippen LogP) is -0.604. The summed E-state index contributed by atoms with van der Waals surface area (Å²) in [6.07, 6.45) is 1.54. The van der Waals surface area contributed by atoms with Crippen molar-refractivity contribution in [3.05, 3.63) is 12.0 Å². The second-order valence-electron chi connectivity index (χ2n) is 2.22. The third-order valence-electron chi connectivity index (χ3n) is 1.49. The molecule has 0 saturated heterocycles. The van der Waals surface area contributed by atoms with E-state index >= 15 is 0 Å². The number of allylic oxidation sites excluding steroid dienone is 1. The Morgan fingerprint density at radius 1 is 1.73 bits per heavy atom. The molecule has 0 radical (unpaired) electrons. The summed E-state index contributed by atoms with van der Waals surface area (Å²) in [4.78, 5) is 4.95. The van der Waals surface area contributed by atoms with Crippen molar-refractivity contribution in [3.8, 4) is 0 Å². The van der Waals surface area contributed by atoms with Gasteiger partial charge in [0.25, 0.3) is 0 Å². The standard InChI is InChI=1S/C5H7N5O/c1-4-5(2-11-7-4)10-3-6-8-9-10/h3,7H,2H2,1H3. The number of tetrazole rings is 1. The fraction of sp³-hybridized carbons (Fsp3) is 0.400. The third-order valence-corrected chi connectivity index (χ3v) is 1.49. The summed E-state index contributed by atoms with van der Waals surface area (Å²) in [5, 5.41) is 10.8. The van der Waals surface area contributed by atoms with Crippen LogP contribution in [-0.4, -0.2) is 26.8 Å². The fourth-order valence-corrected chi connectivity index (χ4v) is 0.903. The highest BCUT2D eigenvalue weighted by Crippen LogP contribution is 2.11. The number of hydrogen-bond donors (Lipinski definition) is 1. The van der Waals surface area contributed by atoms with E-state index in [2.05, 4.69) is 21.0 Å². The van der Waals surface area contributed by atoms with E-state index in [0.717, 1.165) is 11.4 Å². The number of rotatable bonds is 1. The second-order valence-corrected chi connectivity index (χ2v) is 2.22. The number of hydroxylamine groups is 1. The van der Waals surface area contributed by atoms with Gasteiger partial charge in [-0.3, -0.25) is 10.3 Å². The molecule has 0 fully saturated rings. The van der Waals surface area contributed by atoms with Crippen LogP contribution in [0.2, 0.25) is 0 Å². The van der Waals surface area contributed by atoms with Crippen LogP contribution in [0.25, 0.3) is 5.70 Å². The molecule has 58 valence electrons. The van der Waals surface area contributed by atoms with E-state index < -0.39 is 0 Å². The molecule has 0 amide bonds. The molecule has 0 unspecified atom stereocenters. The Balaban J connectivity index is 2.36. The fourth-order valence-electron chi connectivity index (χ4n) is 0.903. The topological polar surface area (TPSA) is 64.9 Å². The molecule has 0 saturated carbocycles. The van der Waals surface area contributed by atoms with Crippen molar-refractivity contribution in [2.75, 3.05) is 6.61 Å². The Morgan fingerprint density at radius 2 is 2.64 bits per heavy atom. The van der Waals surface area contributed by atoms with E-state index in [9.17, 15) is 0 Å². The number of nitrogens with zero attached hydrogens (tertiary/aromatic N) is 4. The van der Waals surface area contributed by atoms with Gasteiger partial charge < -0.3 is 0 Å². The molecule has 1 N–H and O–H groups in total. The molecule has 1 aliphatic heterocycles. The summed E-state index contributed by atoms with van der Waals surface area (Å²) in [7, 11) is 0. The number of aromatic nitrogens is 4. The van der Waals surface area contributed by atoms with Crippen molar-refractivity contribution in [1.29, 1.82) is 0 Å². The minimum Gasteiger partial charge on any atom is -0.270 e. The molecule has 1 aromatic rings. The van der Waals surface area contributed by atoms with Crippen molar-refractivity contribution in [2.45, 2.75) is 6.92 Å². The Morgan fingerprint density at radius 3 is 3.18 bits per heavy atom. The lowest BCUT2D eigenvalue weighted by molar-refractivity contribution is 0.109. The van der Waals surface area contributed by atoms with Gasteiger partial charge in [0.15, 0.2) is 0 Å². The van der Waals surface area contributed by atoms with Crippen LogP contribution in [0.3, 0.4) is 0 Å². The van der Waals surface area contributed by atoms with Crippen LogP contribution in [0, 0.1) is 0 Å². The Labute approximate surface area is 62.8 Å². The largest absolute Gasteiger partial charge is 0.270 e. The van der Waals surface area contributed by atoms with Crippen molar-refractivity contribution in [3.63, 3.8) is 0 Å². The maximum absolute atomic E-state index is 4.95. The van der Waals surface area contributed by atoms with Gasteiger partial charge in [0.2, 0.25) is 0 Å². The van der Waals surface area contributed by atoms with Crippen molar-refractivity contribution < 1.29 is 4.84 Å². The van der Waals surface area contributed by atoms with Crippen LogP contribution < -0.4 is 5.48 Å². The van der Waals surface area contributed by atoms with Gasteiger partial charge in [0.1, 0.15) is 12.9 Å². The molecule has 11 heavy (non-hydrogen) atoms. The molecule has 0 bridgehead atoms. The number of nitrogens with one attached hydrogen (secondary N) is 1. The summed E-state index contributed by atoms with van der Waals surface area (Å²) < 4.78 is 1.58. The quantitative estimate of drug-likeness (QED) is 0.583. The molecule has 2 heterocycles. The van der Waals surface area contributed by atoms with Crippen molar-refractivity contribution >= 4 is 5.70 Å². The molecule has 0 atom stereocenters. The van der Waals surface area contributed by atoms with E-state index in [4.69, 9.17) is 4.84 Å². The molecule has 1 aromatic heterocycles. The van der Waals surface area contributed by atoms with Crippen molar-refractivity contribution in [2.24, 2.45) is 0 Å². The average molecular weight is 153 g/mol. The lowest BCUT2D eigenvalue weighted by Gasteiger charge is -1.95. The van der Waals surface area contributed by atoms with Crippen LogP contribution in [-0.2, 0) is 4.84 Å². The predicted molar refractivity (Wildman–Crippen MR) is 35.8 cm³/mol. The maximum atomic E-state index is 4.95. The normalized spacial score (nSPS) is 17.2. The zero-order chi connectivity index (χ0) is 7.68. The Kier molecular flexibility index (Phi) is 1.32. The monoisotopic (exact) mass is 153 g/mol. The van der Waals surface area contributed by atoms with E-state index in [1.807, 2.05) is 6.92 Å². The van der Waals surface area contributed by atoms with Gasteiger partial charge in [-0.15, -0.1) is 5.10 Å². The zero-order valence-electron chi connectivity index (χ0n) is 5.98. The molecule has 0 aliphatic carbocycles. The van der Waals surface area contributed by atoms with Crippen LogP contribution in [0.15, 0.2) is 12.0 Å². The van der Waals surface area contributed by atoms with Gasteiger partial charge in [-0.1, -0.05) is 0 Å². The van der Waals surface area contributed by atoms with Crippen LogP contribution in [0.5, 0.6) is 0 Å². The molecular formula is C5H7N5O. The molecule has 1 aliphatic rings. The van der Waals surface area contributed by atoms with E-state index in [-0.39, 0.29) is 0 Å². The summed E-state index contributed by atoms with van der Waals surface area (Å²) in [6, 6.07) is 0. The summed E-state index contributed by atoms with van der Waals surface area (Å²) in [6.45, 7) is 2.40. The molecule has 0 aromatic carbocycles. The smallest absolute Gasteiger partial charge is 0.143 e. The van der Waals surface area contributed by atoms with Crippen LogP contribution >= 0.6 is 0 Å². The zero-order valence-corrected chi connectivity index (χ0v) is 5.98. The maximum Gasteiger partial charge on any atom is 0.143 e. The highest BCUT2D eigenvalue weighted by Gasteiger charge is 2.13. The second kappa shape index (κ2) is 2.31. The highest BCUT2D eigenvalue weighted by molar-refractivity contribution is 5.49. The lowest BCUT2D eigenvalue weighted by Crippen LogP contribution is -2.02. The Bertz CT molecular complexity index is 277. The van der Waals surface area contributed by atoms with E-state index in [0.29, 0.717) is 6.61 Å². The SMILES string of the molecule is CC1=C(n2cnnn2)CON1. The molecule has 0 spiro atoms. The van der Waals surface area contributed by atoms with Gasteiger partial charge in [0, 0.05) is 0 Å². The Hall–Kier alpha value is -1.43. The highest BCUT2D eigenvalue weighted by atomic mass is 16.6. The minimum atomic E-state index is 0.497. The molecule has 2 rings (SSSR count). The van der Waals surface area contributed by atoms with Crippen LogP contribution in [0.4, 0.5) is 0 Å².